The zero-order chi connectivity index (χ0) is 28.3. The second kappa shape index (κ2) is 11.5. The second-order valence-electron chi connectivity index (χ2n) is 9.93. The third-order valence-corrected chi connectivity index (χ3v) is 7.20. The Morgan fingerprint density at radius 3 is 2.63 bits per heavy atom. The number of imidazole rings is 1. The van der Waals surface area contributed by atoms with Gasteiger partial charge in [-0.15, -0.1) is 0 Å². The Morgan fingerprint density at radius 2 is 1.80 bits per heavy atom. The highest BCUT2D eigenvalue weighted by Crippen LogP contribution is 2.34. The van der Waals surface area contributed by atoms with E-state index >= 15 is 0 Å². The highest BCUT2D eigenvalue weighted by Gasteiger charge is 2.44. The van der Waals surface area contributed by atoms with Crippen LogP contribution in [0.5, 0.6) is 0 Å². The van der Waals surface area contributed by atoms with E-state index in [-0.39, 0.29) is 30.5 Å². The Hall–Kier alpha value is -4.65. The molecule has 0 bridgehead atoms. The molecule has 12 heteroatoms. The van der Waals surface area contributed by atoms with Gasteiger partial charge >= 0.3 is 0 Å². The van der Waals surface area contributed by atoms with Crippen molar-refractivity contribution >= 4 is 39.7 Å². The van der Waals surface area contributed by atoms with E-state index in [1.807, 2.05) is 30.3 Å². The first-order valence-electron chi connectivity index (χ1n) is 13.4. The average molecular weight is 556 g/mol. The number of amides is 2. The van der Waals surface area contributed by atoms with E-state index in [0.717, 1.165) is 16.6 Å². The molecule has 0 saturated carbocycles. The molecule has 4 atom stereocenters. The quantitative estimate of drug-likeness (QED) is 0.185. The molecule has 0 unspecified atom stereocenters. The van der Waals surface area contributed by atoms with Gasteiger partial charge in [-0.25, -0.2) is 15.0 Å². The average Bonchev–Trinajstić information content (AvgIpc) is 3.68. The third kappa shape index (κ3) is 5.53. The molecular formula is C29H29N7O5. The number of aromatic nitrogens is 5. The molecular weight excluding hydrogens is 526 g/mol. The van der Waals surface area contributed by atoms with Crippen LogP contribution in [-0.2, 0) is 16.0 Å². The maximum atomic E-state index is 12.6. The predicted molar refractivity (Wildman–Crippen MR) is 150 cm³/mol. The minimum absolute atomic E-state index is 0.121. The molecule has 5 aromatic rings. The molecule has 0 aliphatic carbocycles. The van der Waals surface area contributed by atoms with Gasteiger partial charge < -0.3 is 30.6 Å². The van der Waals surface area contributed by atoms with Gasteiger partial charge in [-0.3, -0.25) is 14.2 Å². The van der Waals surface area contributed by atoms with Gasteiger partial charge in [0.15, 0.2) is 23.2 Å². The standard InChI is InChI=1S/C29H29N7O5/c37-22(30-13-12-19-14-18-8-4-5-9-20(18)34-19)11-10-21-24(38)25(39)29(41-21)36-16-33-23-26(31-15-32-27(23)36)35-28(40)17-6-2-1-3-7-17/h1-9,14-16,21,24-25,29,34,38-39H,10-13H2,(H,30,37)(H,31,32,35,40)/t21-,24-,25-,29-/m1/s1. The molecule has 4 heterocycles. The third-order valence-electron chi connectivity index (χ3n) is 7.20. The monoisotopic (exact) mass is 555 g/mol. The predicted octanol–water partition coefficient (Wildman–Crippen LogP) is 2.32. The second-order valence-corrected chi connectivity index (χ2v) is 9.93. The molecule has 1 aliphatic rings. The first-order chi connectivity index (χ1) is 20.0. The summed E-state index contributed by atoms with van der Waals surface area (Å²) in [5.74, 6) is -0.321. The van der Waals surface area contributed by atoms with E-state index in [1.165, 1.54) is 17.2 Å². The van der Waals surface area contributed by atoms with Crippen molar-refractivity contribution in [2.24, 2.45) is 0 Å². The number of ether oxygens (including phenoxy) is 1. The summed E-state index contributed by atoms with van der Waals surface area (Å²) < 4.78 is 7.47. The number of aliphatic hydroxyl groups excluding tert-OH is 2. The summed E-state index contributed by atoms with van der Waals surface area (Å²) in [6.45, 7) is 0.467. The molecule has 2 amide bonds. The number of carbonyl (C=O) groups excluding carboxylic acids is 2. The molecule has 210 valence electrons. The summed E-state index contributed by atoms with van der Waals surface area (Å²) in [6.07, 6.45) is -0.566. The van der Waals surface area contributed by atoms with Crippen molar-refractivity contribution in [3.05, 3.63) is 84.6 Å². The lowest BCUT2D eigenvalue weighted by Crippen LogP contribution is -2.33. The summed E-state index contributed by atoms with van der Waals surface area (Å²) in [6, 6.07) is 18.8. The van der Waals surface area contributed by atoms with Crippen LogP contribution in [-0.4, -0.2) is 71.4 Å². The molecule has 0 spiro atoms. The number of carbonyl (C=O) groups is 2. The molecule has 1 saturated heterocycles. The maximum absolute atomic E-state index is 12.6. The lowest BCUT2D eigenvalue weighted by atomic mass is 10.1. The zero-order valence-corrected chi connectivity index (χ0v) is 22.0. The molecule has 12 nitrogen and oxygen atoms in total. The van der Waals surface area contributed by atoms with E-state index < -0.39 is 24.5 Å². The molecule has 0 radical (unpaired) electrons. The van der Waals surface area contributed by atoms with E-state index in [9.17, 15) is 19.8 Å². The van der Waals surface area contributed by atoms with E-state index in [2.05, 4.69) is 36.6 Å². The SMILES string of the molecule is O=C(CC[C@H]1O[C@@H](n2cnc3c(NC(=O)c4ccccc4)ncnc32)[C@H](O)[C@@H]1O)NCCc1cc2ccccc2[nH]1. The maximum Gasteiger partial charge on any atom is 0.256 e. The summed E-state index contributed by atoms with van der Waals surface area (Å²) in [4.78, 5) is 41.2. The number of para-hydroxylation sites is 1. The van der Waals surface area contributed by atoms with Crippen LogP contribution in [0.3, 0.4) is 0 Å². The Balaban J connectivity index is 1.05. The van der Waals surface area contributed by atoms with E-state index in [1.54, 1.807) is 24.3 Å². The van der Waals surface area contributed by atoms with Crippen LogP contribution in [0.4, 0.5) is 5.82 Å². The number of nitrogens with zero attached hydrogens (tertiary/aromatic N) is 4. The minimum Gasteiger partial charge on any atom is -0.388 e. The molecule has 5 N–H and O–H groups in total. The van der Waals surface area contributed by atoms with Crippen LogP contribution < -0.4 is 10.6 Å². The number of H-pyrrole nitrogens is 1. The number of anilines is 1. The number of rotatable bonds is 9. The van der Waals surface area contributed by atoms with Gasteiger partial charge in [-0.2, -0.15) is 0 Å². The Bertz CT molecular complexity index is 1650. The molecule has 1 fully saturated rings. The molecule has 1 aliphatic heterocycles. The highest BCUT2D eigenvalue weighted by molar-refractivity contribution is 6.06. The van der Waals surface area contributed by atoms with Crippen LogP contribution >= 0.6 is 0 Å². The normalized spacial score (nSPS) is 20.4. The van der Waals surface area contributed by atoms with Gasteiger partial charge in [0.05, 0.1) is 12.4 Å². The summed E-state index contributed by atoms with van der Waals surface area (Å²) in [5, 5.41) is 28.2. The van der Waals surface area contributed by atoms with Crippen LogP contribution in [0.15, 0.2) is 73.3 Å². The van der Waals surface area contributed by atoms with Crippen LogP contribution in [0.2, 0.25) is 0 Å². The summed E-state index contributed by atoms with van der Waals surface area (Å²) in [7, 11) is 0. The smallest absolute Gasteiger partial charge is 0.256 e. The number of aromatic amines is 1. The van der Waals surface area contributed by atoms with Crippen molar-refractivity contribution in [3.8, 4) is 0 Å². The van der Waals surface area contributed by atoms with Gasteiger partial charge in [0.1, 0.15) is 18.5 Å². The van der Waals surface area contributed by atoms with Gasteiger partial charge in [-0.1, -0.05) is 36.4 Å². The van der Waals surface area contributed by atoms with Crippen molar-refractivity contribution < 1.29 is 24.5 Å². The lowest BCUT2D eigenvalue weighted by Gasteiger charge is -2.16. The number of aliphatic hydroxyl groups is 2. The highest BCUT2D eigenvalue weighted by atomic mass is 16.6. The number of hydrogen-bond donors (Lipinski definition) is 5. The topological polar surface area (TPSA) is 167 Å². The zero-order valence-electron chi connectivity index (χ0n) is 22.0. The first kappa shape index (κ1) is 26.6. The molecule has 2 aromatic carbocycles. The summed E-state index contributed by atoms with van der Waals surface area (Å²) in [5.41, 5.74) is 3.17. The van der Waals surface area contributed by atoms with Crippen molar-refractivity contribution in [3.63, 3.8) is 0 Å². The molecule has 41 heavy (non-hydrogen) atoms. The lowest BCUT2D eigenvalue weighted by molar-refractivity contribution is -0.122. The van der Waals surface area contributed by atoms with Crippen molar-refractivity contribution in [2.75, 3.05) is 11.9 Å². The number of fused-ring (bicyclic) bond motifs is 2. The van der Waals surface area contributed by atoms with Crippen molar-refractivity contribution in [1.82, 2.24) is 29.8 Å². The fourth-order valence-corrected chi connectivity index (χ4v) is 5.06. The largest absolute Gasteiger partial charge is 0.388 e. The van der Waals surface area contributed by atoms with E-state index in [0.29, 0.717) is 29.7 Å². The first-order valence-corrected chi connectivity index (χ1v) is 13.4. The number of hydrogen-bond acceptors (Lipinski definition) is 8. The Morgan fingerprint density at radius 1 is 1.00 bits per heavy atom. The minimum atomic E-state index is -1.28. The van der Waals surface area contributed by atoms with E-state index in [4.69, 9.17) is 4.74 Å². The summed E-state index contributed by atoms with van der Waals surface area (Å²) >= 11 is 0. The van der Waals surface area contributed by atoms with Crippen molar-refractivity contribution in [1.29, 1.82) is 0 Å². The van der Waals surface area contributed by atoms with Gasteiger partial charge in [0.25, 0.3) is 5.91 Å². The molecule has 3 aromatic heterocycles. The van der Waals surface area contributed by atoms with Gasteiger partial charge in [0, 0.05) is 36.2 Å². The van der Waals surface area contributed by atoms with Gasteiger partial charge in [-0.05, 0) is 36.1 Å². The molecule has 6 rings (SSSR count). The Kier molecular flexibility index (Phi) is 7.42. The van der Waals surface area contributed by atoms with Crippen LogP contribution in [0.1, 0.15) is 35.1 Å². The van der Waals surface area contributed by atoms with Crippen LogP contribution in [0.25, 0.3) is 22.1 Å². The number of nitrogens with one attached hydrogen (secondary N) is 3. The fourth-order valence-electron chi connectivity index (χ4n) is 5.06. The van der Waals surface area contributed by atoms with Crippen molar-refractivity contribution in [2.45, 2.75) is 43.8 Å². The Labute approximate surface area is 234 Å². The number of benzene rings is 2. The van der Waals surface area contributed by atoms with Crippen LogP contribution in [0, 0.1) is 0 Å². The van der Waals surface area contributed by atoms with Gasteiger partial charge in [0.2, 0.25) is 5.91 Å². The fraction of sp³-hybridized carbons (Fsp3) is 0.276.